The number of fused-ring (bicyclic) bond motifs is 1. The molecular formula is C18H18N4O3. The smallest absolute Gasteiger partial charge is 0.274 e. The summed E-state index contributed by atoms with van der Waals surface area (Å²) in [5, 5.41) is 17.2. The molecule has 7 nitrogen and oxygen atoms in total. The fourth-order valence-electron chi connectivity index (χ4n) is 3.22. The molecule has 2 aromatic heterocycles. The molecule has 0 saturated heterocycles. The third kappa shape index (κ3) is 2.72. The summed E-state index contributed by atoms with van der Waals surface area (Å²) < 4.78 is 7.25. The maximum atomic E-state index is 12.7. The monoisotopic (exact) mass is 338 g/mol. The minimum absolute atomic E-state index is 0.218. The lowest BCUT2D eigenvalue weighted by Crippen LogP contribution is -2.34. The van der Waals surface area contributed by atoms with Gasteiger partial charge in [0.05, 0.1) is 23.9 Å². The largest absolute Gasteiger partial charge is 0.440 e. The van der Waals surface area contributed by atoms with Crippen molar-refractivity contribution in [3.63, 3.8) is 0 Å². The van der Waals surface area contributed by atoms with E-state index in [1.807, 2.05) is 24.3 Å². The summed E-state index contributed by atoms with van der Waals surface area (Å²) >= 11 is 0. The standard InChI is InChI=1S/C18H18N4O3/c1-10-15(21-18(25-10)12-8-19-22(2)9-12)17(24)20-16-13-6-4-3-5-11(13)7-14(16)23/h3-6,8-9,14,16,23H,7H2,1-2H3,(H,20,24)/t14-,16+/m1/s1. The molecule has 1 aromatic carbocycles. The number of benzene rings is 1. The van der Waals surface area contributed by atoms with Crippen LogP contribution in [0.25, 0.3) is 11.5 Å². The fraction of sp³-hybridized carbons (Fsp3) is 0.278. The SMILES string of the molecule is Cc1oc(-c2cnn(C)c2)nc1C(=O)N[C@H]1c2ccccc2C[C@H]1O. The van der Waals surface area contributed by atoms with Gasteiger partial charge in [0.25, 0.3) is 5.91 Å². The van der Waals surface area contributed by atoms with Crippen molar-refractivity contribution in [3.05, 3.63) is 59.2 Å². The molecule has 0 unspecified atom stereocenters. The van der Waals surface area contributed by atoms with Gasteiger partial charge in [-0.1, -0.05) is 24.3 Å². The summed E-state index contributed by atoms with van der Waals surface area (Å²) in [6, 6.07) is 7.27. The Bertz CT molecular complexity index is 943. The Balaban J connectivity index is 1.59. The topological polar surface area (TPSA) is 93.2 Å². The molecule has 1 aliphatic rings. The molecule has 0 aliphatic heterocycles. The van der Waals surface area contributed by atoms with E-state index >= 15 is 0 Å². The number of nitrogens with zero attached hydrogens (tertiary/aromatic N) is 3. The normalized spacial score (nSPS) is 19.0. The molecule has 7 heteroatoms. The van der Waals surface area contributed by atoms with Crippen LogP contribution in [0.4, 0.5) is 0 Å². The molecule has 0 radical (unpaired) electrons. The van der Waals surface area contributed by atoms with Crippen molar-refractivity contribution in [2.45, 2.75) is 25.5 Å². The van der Waals surface area contributed by atoms with Crippen molar-refractivity contribution in [1.82, 2.24) is 20.1 Å². The zero-order chi connectivity index (χ0) is 17.6. The van der Waals surface area contributed by atoms with Crippen LogP contribution >= 0.6 is 0 Å². The number of aliphatic hydroxyl groups excluding tert-OH is 1. The summed E-state index contributed by atoms with van der Waals surface area (Å²) in [7, 11) is 1.80. The Morgan fingerprint density at radius 2 is 2.20 bits per heavy atom. The van der Waals surface area contributed by atoms with Gasteiger partial charge in [-0.2, -0.15) is 5.10 Å². The Hall–Kier alpha value is -2.93. The first-order valence-electron chi connectivity index (χ1n) is 8.06. The van der Waals surface area contributed by atoms with Gasteiger partial charge in [-0.15, -0.1) is 0 Å². The molecule has 0 spiro atoms. The highest BCUT2D eigenvalue weighted by atomic mass is 16.4. The highest BCUT2D eigenvalue weighted by Crippen LogP contribution is 2.31. The van der Waals surface area contributed by atoms with E-state index in [1.54, 1.807) is 31.0 Å². The first kappa shape index (κ1) is 15.6. The molecule has 4 rings (SSSR count). The number of hydrogen-bond acceptors (Lipinski definition) is 5. The lowest BCUT2D eigenvalue weighted by molar-refractivity contribution is 0.0852. The van der Waals surface area contributed by atoms with Crippen LogP contribution in [0.1, 0.15) is 33.4 Å². The minimum Gasteiger partial charge on any atom is -0.440 e. The molecule has 0 fully saturated rings. The second-order valence-corrected chi connectivity index (χ2v) is 6.25. The number of rotatable bonds is 3. The van der Waals surface area contributed by atoms with E-state index < -0.39 is 12.1 Å². The lowest BCUT2D eigenvalue weighted by Gasteiger charge is -2.17. The number of hydrogen-bond donors (Lipinski definition) is 2. The van der Waals surface area contributed by atoms with Crippen LogP contribution in [0.2, 0.25) is 0 Å². The number of aryl methyl sites for hydroxylation is 2. The van der Waals surface area contributed by atoms with E-state index in [9.17, 15) is 9.90 Å². The van der Waals surface area contributed by atoms with Gasteiger partial charge in [-0.05, 0) is 18.1 Å². The number of carbonyl (C=O) groups excluding carboxylic acids is 1. The van der Waals surface area contributed by atoms with Crippen molar-refractivity contribution in [2.24, 2.45) is 7.05 Å². The van der Waals surface area contributed by atoms with Gasteiger partial charge in [0, 0.05) is 19.7 Å². The maximum absolute atomic E-state index is 12.7. The number of oxazole rings is 1. The zero-order valence-electron chi connectivity index (χ0n) is 13.9. The van der Waals surface area contributed by atoms with E-state index in [2.05, 4.69) is 15.4 Å². The van der Waals surface area contributed by atoms with Crippen LogP contribution in [-0.4, -0.2) is 31.9 Å². The molecular weight excluding hydrogens is 320 g/mol. The first-order valence-corrected chi connectivity index (χ1v) is 8.06. The van der Waals surface area contributed by atoms with Crippen molar-refractivity contribution in [2.75, 3.05) is 0 Å². The molecule has 2 atom stereocenters. The molecule has 25 heavy (non-hydrogen) atoms. The number of aromatic nitrogens is 3. The van der Waals surface area contributed by atoms with E-state index in [0.29, 0.717) is 23.6 Å². The second-order valence-electron chi connectivity index (χ2n) is 6.25. The average Bonchev–Trinajstić information content (AvgIpc) is 3.26. The summed E-state index contributed by atoms with van der Waals surface area (Å²) in [5.74, 6) is 0.414. The summed E-state index contributed by atoms with van der Waals surface area (Å²) in [4.78, 5) is 17.0. The van der Waals surface area contributed by atoms with Crippen molar-refractivity contribution >= 4 is 5.91 Å². The van der Waals surface area contributed by atoms with E-state index in [1.165, 1.54) is 0 Å². The Kier molecular flexibility index (Phi) is 3.65. The van der Waals surface area contributed by atoms with E-state index in [0.717, 1.165) is 11.1 Å². The molecule has 1 amide bonds. The molecule has 2 heterocycles. The molecule has 0 bridgehead atoms. The highest BCUT2D eigenvalue weighted by molar-refractivity contribution is 5.94. The molecule has 3 aromatic rings. The fourth-order valence-corrected chi connectivity index (χ4v) is 3.22. The second kappa shape index (κ2) is 5.86. The van der Waals surface area contributed by atoms with Crippen molar-refractivity contribution in [3.8, 4) is 11.5 Å². The average molecular weight is 338 g/mol. The molecule has 1 aliphatic carbocycles. The number of aliphatic hydroxyl groups is 1. The van der Waals surface area contributed by atoms with E-state index in [4.69, 9.17) is 4.42 Å². The number of amides is 1. The van der Waals surface area contributed by atoms with Gasteiger partial charge in [-0.25, -0.2) is 4.98 Å². The van der Waals surface area contributed by atoms with Gasteiger partial charge in [0.2, 0.25) is 5.89 Å². The number of carbonyl (C=O) groups is 1. The Labute approximate surface area is 144 Å². The summed E-state index contributed by atoms with van der Waals surface area (Å²) in [6.45, 7) is 1.70. The van der Waals surface area contributed by atoms with Crippen molar-refractivity contribution in [1.29, 1.82) is 0 Å². The van der Waals surface area contributed by atoms with Crippen LogP contribution in [0.3, 0.4) is 0 Å². The number of nitrogens with one attached hydrogen (secondary N) is 1. The van der Waals surface area contributed by atoms with Gasteiger partial charge >= 0.3 is 0 Å². The summed E-state index contributed by atoms with van der Waals surface area (Å²) in [6.07, 6.45) is 3.28. The van der Waals surface area contributed by atoms with Crippen LogP contribution in [0, 0.1) is 6.92 Å². The van der Waals surface area contributed by atoms with Gasteiger partial charge in [0.15, 0.2) is 5.69 Å². The predicted molar refractivity (Wildman–Crippen MR) is 89.8 cm³/mol. The van der Waals surface area contributed by atoms with Gasteiger partial charge in [-0.3, -0.25) is 9.48 Å². The lowest BCUT2D eigenvalue weighted by atomic mass is 10.1. The van der Waals surface area contributed by atoms with Crippen LogP contribution in [-0.2, 0) is 13.5 Å². The molecule has 128 valence electrons. The van der Waals surface area contributed by atoms with Crippen molar-refractivity contribution < 1.29 is 14.3 Å². The quantitative estimate of drug-likeness (QED) is 0.759. The predicted octanol–water partition coefficient (Wildman–Crippen LogP) is 1.77. The maximum Gasteiger partial charge on any atom is 0.274 e. The van der Waals surface area contributed by atoms with Gasteiger partial charge in [0.1, 0.15) is 5.76 Å². The first-order chi connectivity index (χ1) is 12.0. The zero-order valence-corrected chi connectivity index (χ0v) is 13.9. The van der Waals surface area contributed by atoms with E-state index in [-0.39, 0.29) is 11.6 Å². The molecule has 0 saturated carbocycles. The van der Waals surface area contributed by atoms with Crippen LogP contribution in [0.15, 0.2) is 41.1 Å². The van der Waals surface area contributed by atoms with Gasteiger partial charge < -0.3 is 14.8 Å². The van der Waals surface area contributed by atoms with Crippen LogP contribution in [0.5, 0.6) is 0 Å². The summed E-state index contributed by atoms with van der Waals surface area (Å²) in [5.41, 5.74) is 2.91. The third-order valence-corrected chi connectivity index (χ3v) is 4.45. The minimum atomic E-state index is -0.647. The molecule has 2 N–H and O–H groups in total. The third-order valence-electron chi connectivity index (χ3n) is 4.45. The Morgan fingerprint density at radius 3 is 2.96 bits per heavy atom. The van der Waals surface area contributed by atoms with Crippen LogP contribution < -0.4 is 5.32 Å². The Morgan fingerprint density at radius 1 is 1.40 bits per heavy atom. The highest BCUT2D eigenvalue weighted by Gasteiger charge is 2.33.